The first kappa shape index (κ1) is 15.1. The molecule has 102 valence electrons. The first-order valence-corrected chi connectivity index (χ1v) is 8.27. The second kappa shape index (κ2) is 6.26. The van der Waals surface area contributed by atoms with E-state index in [0.29, 0.717) is 28.4 Å². The van der Waals surface area contributed by atoms with Crippen LogP contribution in [-0.4, -0.2) is 25.1 Å². The summed E-state index contributed by atoms with van der Waals surface area (Å²) in [7, 11) is -3.14. The van der Waals surface area contributed by atoms with Gasteiger partial charge >= 0.3 is 0 Å². The highest BCUT2D eigenvalue weighted by atomic mass is 32.2. The van der Waals surface area contributed by atoms with E-state index in [0.717, 1.165) is 11.3 Å². The van der Waals surface area contributed by atoms with E-state index in [4.69, 9.17) is 5.84 Å². The Bertz CT molecular complexity index is 522. The average Bonchev–Trinajstić information content (AvgIpc) is 2.70. The standard InChI is InChI=1S/C10H17N3O3S2/c1-3-5-18(15,16)6-8-12-7(4-2)9(17-8)10(14)13-11/h3-6,11H2,1-2H3,(H,13,14). The van der Waals surface area contributed by atoms with Crippen molar-refractivity contribution in [1.82, 2.24) is 10.4 Å². The van der Waals surface area contributed by atoms with Crippen LogP contribution in [0, 0.1) is 0 Å². The SMILES string of the molecule is CCCS(=O)(=O)Cc1nc(CC)c(C(=O)NN)s1. The number of hydrogen-bond donors (Lipinski definition) is 2. The molecule has 3 N–H and O–H groups in total. The number of hydrazine groups is 1. The van der Waals surface area contributed by atoms with E-state index < -0.39 is 15.7 Å². The number of carbonyl (C=O) groups excluding carboxylic acids is 1. The number of nitrogens with zero attached hydrogens (tertiary/aromatic N) is 1. The summed E-state index contributed by atoms with van der Waals surface area (Å²) in [4.78, 5) is 16.1. The van der Waals surface area contributed by atoms with E-state index in [2.05, 4.69) is 4.98 Å². The number of aromatic nitrogens is 1. The van der Waals surface area contributed by atoms with Gasteiger partial charge in [0.15, 0.2) is 9.84 Å². The molecule has 0 saturated heterocycles. The number of nitrogens with one attached hydrogen (secondary N) is 1. The van der Waals surface area contributed by atoms with Crippen molar-refractivity contribution in [1.29, 1.82) is 0 Å². The zero-order valence-corrected chi connectivity index (χ0v) is 12.0. The molecule has 1 heterocycles. The van der Waals surface area contributed by atoms with Crippen molar-refractivity contribution < 1.29 is 13.2 Å². The normalized spacial score (nSPS) is 11.5. The molecule has 6 nitrogen and oxygen atoms in total. The van der Waals surface area contributed by atoms with Gasteiger partial charge in [-0.25, -0.2) is 19.2 Å². The molecule has 0 atom stereocenters. The molecule has 0 aromatic carbocycles. The number of sulfone groups is 1. The molecule has 0 spiro atoms. The van der Waals surface area contributed by atoms with Crippen LogP contribution in [0.25, 0.3) is 0 Å². The molecular weight excluding hydrogens is 274 g/mol. The predicted octanol–water partition coefficient (Wildman–Crippen LogP) is 0.634. The molecule has 0 aliphatic heterocycles. The number of nitrogens with two attached hydrogens (primary N) is 1. The van der Waals surface area contributed by atoms with Crippen molar-refractivity contribution in [2.24, 2.45) is 5.84 Å². The third kappa shape index (κ3) is 3.76. The Kier molecular flexibility index (Phi) is 5.24. The summed E-state index contributed by atoms with van der Waals surface area (Å²) in [5.74, 6) is 4.66. The Hall–Kier alpha value is -0.990. The van der Waals surface area contributed by atoms with Crippen LogP contribution in [0.3, 0.4) is 0 Å². The summed E-state index contributed by atoms with van der Waals surface area (Å²) < 4.78 is 23.4. The smallest absolute Gasteiger partial charge is 0.277 e. The monoisotopic (exact) mass is 291 g/mol. The molecule has 0 aliphatic carbocycles. The fourth-order valence-electron chi connectivity index (χ4n) is 1.52. The quantitative estimate of drug-likeness (QED) is 0.455. The molecule has 1 amide bonds. The fourth-order valence-corrected chi connectivity index (χ4v) is 4.35. The molecule has 1 rings (SSSR count). The number of carbonyl (C=O) groups is 1. The zero-order valence-electron chi connectivity index (χ0n) is 10.4. The minimum atomic E-state index is -3.14. The molecule has 1 aromatic rings. The maximum Gasteiger partial charge on any atom is 0.277 e. The fraction of sp³-hybridized carbons (Fsp3) is 0.600. The number of thiazole rings is 1. The van der Waals surface area contributed by atoms with Gasteiger partial charge < -0.3 is 0 Å². The van der Waals surface area contributed by atoms with Crippen LogP contribution in [0.15, 0.2) is 0 Å². The second-order valence-electron chi connectivity index (χ2n) is 3.80. The van der Waals surface area contributed by atoms with Gasteiger partial charge in [0.1, 0.15) is 15.6 Å². The summed E-state index contributed by atoms with van der Waals surface area (Å²) in [6, 6.07) is 0. The van der Waals surface area contributed by atoms with Gasteiger partial charge in [0.25, 0.3) is 5.91 Å². The van der Waals surface area contributed by atoms with Crippen LogP contribution in [0.1, 0.15) is 40.6 Å². The van der Waals surface area contributed by atoms with Gasteiger partial charge in [0.2, 0.25) is 0 Å². The summed E-state index contributed by atoms with van der Waals surface area (Å²) >= 11 is 1.09. The van der Waals surface area contributed by atoms with Crippen LogP contribution < -0.4 is 11.3 Å². The van der Waals surface area contributed by atoms with Crippen LogP contribution in [-0.2, 0) is 22.0 Å². The summed E-state index contributed by atoms with van der Waals surface area (Å²) in [5.41, 5.74) is 2.63. The number of hydrogen-bond acceptors (Lipinski definition) is 6. The molecule has 0 radical (unpaired) electrons. The van der Waals surface area contributed by atoms with E-state index in [1.807, 2.05) is 19.3 Å². The van der Waals surface area contributed by atoms with Crippen molar-refractivity contribution in [2.45, 2.75) is 32.4 Å². The Morgan fingerprint density at radius 2 is 2.11 bits per heavy atom. The van der Waals surface area contributed by atoms with Crippen molar-refractivity contribution in [3.63, 3.8) is 0 Å². The molecule has 0 aliphatic rings. The van der Waals surface area contributed by atoms with Gasteiger partial charge in [-0.1, -0.05) is 13.8 Å². The van der Waals surface area contributed by atoms with Crippen LogP contribution in [0.4, 0.5) is 0 Å². The molecule has 0 bridgehead atoms. The molecular formula is C10H17N3O3S2. The second-order valence-corrected chi connectivity index (χ2v) is 7.07. The minimum absolute atomic E-state index is 0.115. The predicted molar refractivity (Wildman–Crippen MR) is 70.9 cm³/mol. The van der Waals surface area contributed by atoms with Gasteiger partial charge in [-0.15, -0.1) is 11.3 Å². The molecule has 1 aromatic heterocycles. The highest BCUT2D eigenvalue weighted by molar-refractivity contribution is 7.90. The Labute approximate surface area is 110 Å². The van der Waals surface area contributed by atoms with Crippen molar-refractivity contribution in [3.8, 4) is 0 Å². The maximum atomic E-state index is 11.7. The lowest BCUT2D eigenvalue weighted by atomic mass is 10.3. The zero-order chi connectivity index (χ0) is 13.8. The van der Waals surface area contributed by atoms with Crippen molar-refractivity contribution in [3.05, 3.63) is 15.6 Å². The minimum Gasteiger partial charge on any atom is -0.289 e. The lowest BCUT2D eigenvalue weighted by Crippen LogP contribution is -2.30. The topological polar surface area (TPSA) is 102 Å². The molecule has 8 heteroatoms. The summed E-state index contributed by atoms with van der Waals surface area (Å²) in [6.45, 7) is 3.66. The van der Waals surface area contributed by atoms with Crippen LogP contribution >= 0.6 is 11.3 Å². The molecule has 0 unspecified atom stereocenters. The van der Waals surface area contributed by atoms with Gasteiger partial charge in [-0.05, 0) is 12.8 Å². The van der Waals surface area contributed by atoms with E-state index in [9.17, 15) is 13.2 Å². The maximum absolute atomic E-state index is 11.7. The van der Waals surface area contributed by atoms with E-state index in [1.165, 1.54) is 0 Å². The first-order chi connectivity index (χ1) is 8.43. The van der Waals surface area contributed by atoms with Crippen LogP contribution in [0.5, 0.6) is 0 Å². The molecule has 0 saturated carbocycles. The number of nitrogen functional groups attached to an aromatic ring is 1. The third-order valence-electron chi connectivity index (χ3n) is 2.27. The van der Waals surface area contributed by atoms with Gasteiger partial charge in [0.05, 0.1) is 11.4 Å². The number of aryl methyl sites for hydroxylation is 1. The highest BCUT2D eigenvalue weighted by Gasteiger charge is 2.19. The molecule has 18 heavy (non-hydrogen) atoms. The lowest BCUT2D eigenvalue weighted by molar-refractivity contribution is 0.0956. The van der Waals surface area contributed by atoms with E-state index in [1.54, 1.807) is 0 Å². The number of rotatable bonds is 6. The summed E-state index contributed by atoms with van der Waals surface area (Å²) in [5, 5.41) is 0.443. The molecule has 0 fully saturated rings. The van der Waals surface area contributed by atoms with E-state index in [-0.39, 0.29) is 11.5 Å². The third-order valence-corrected chi connectivity index (χ3v) is 5.30. The number of amides is 1. The highest BCUT2D eigenvalue weighted by Crippen LogP contribution is 2.21. The van der Waals surface area contributed by atoms with Gasteiger partial charge in [0, 0.05) is 0 Å². The van der Waals surface area contributed by atoms with Crippen LogP contribution in [0.2, 0.25) is 0 Å². The lowest BCUT2D eigenvalue weighted by Gasteiger charge is -1.98. The van der Waals surface area contributed by atoms with Crippen molar-refractivity contribution in [2.75, 3.05) is 5.75 Å². The van der Waals surface area contributed by atoms with E-state index >= 15 is 0 Å². The Balaban J connectivity index is 2.99. The van der Waals surface area contributed by atoms with Gasteiger partial charge in [-0.3, -0.25) is 10.2 Å². The van der Waals surface area contributed by atoms with Gasteiger partial charge in [-0.2, -0.15) is 0 Å². The summed E-state index contributed by atoms with van der Waals surface area (Å²) in [6.07, 6.45) is 1.14. The largest absolute Gasteiger partial charge is 0.289 e. The Morgan fingerprint density at radius 3 is 2.61 bits per heavy atom. The first-order valence-electron chi connectivity index (χ1n) is 5.63. The Morgan fingerprint density at radius 1 is 1.44 bits per heavy atom. The van der Waals surface area contributed by atoms with Crippen molar-refractivity contribution >= 4 is 27.1 Å². The average molecular weight is 291 g/mol.